The molecule has 0 aliphatic heterocycles. The van der Waals surface area contributed by atoms with Crippen LogP contribution in [0.1, 0.15) is 12.5 Å². The van der Waals surface area contributed by atoms with Crippen molar-refractivity contribution in [3.8, 4) is 5.75 Å². The van der Waals surface area contributed by atoms with Crippen molar-refractivity contribution in [3.05, 3.63) is 59.1 Å². The molecule has 0 heterocycles. The number of hydrogen-bond acceptors (Lipinski definition) is 4. The highest BCUT2D eigenvalue weighted by Crippen LogP contribution is 2.15. The number of benzene rings is 2. The van der Waals surface area contributed by atoms with E-state index in [1.807, 2.05) is 43.3 Å². The van der Waals surface area contributed by atoms with Gasteiger partial charge in [-0.1, -0.05) is 23.7 Å². The smallest absolute Gasteiger partial charge is 0.259 e. The van der Waals surface area contributed by atoms with Gasteiger partial charge in [0.15, 0.2) is 0 Å². The number of hydrogen-bond donors (Lipinski definition) is 2. The fraction of sp³-hybridized carbons (Fsp3) is 0.176. The second-order valence-corrected chi connectivity index (χ2v) is 5.09. The molecule has 2 aromatic carbocycles. The standard InChI is InChI=1S/C17H18ClN3O2/c1-2-23-16-9-7-15(8-10-16)19-12-17(22)21-20-11-13-3-5-14(18)6-4-13/h3-11,19H,2,12H2,1H3,(H,21,22). The van der Waals surface area contributed by atoms with Gasteiger partial charge in [-0.25, -0.2) is 5.43 Å². The van der Waals surface area contributed by atoms with Crippen LogP contribution in [0.4, 0.5) is 5.69 Å². The summed E-state index contributed by atoms with van der Waals surface area (Å²) in [4.78, 5) is 11.7. The number of nitrogens with one attached hydrogen (secondary N) is 2. The van der Waals surface area contributed by atoms with Crippen molar-refractivity contribution < 1.29 is 9.53 Å². The van der Waals surface area contributed by atoms with Crippen molar-refractivity contribution in [3.63, 3.8) is 0 Å². The lowest BCUT2D eigenvalue weighted by atomic mass is 10.2. The van der Waals surface area contributed by atoms with Crippen LogP contribution in [0.15, 0.2) is 53.6 Å². The van der Waals surface area contributed by atoms with E-state index >= 15 is 0 Å². The third kappa shape index (κ3) is 6.00. The minimum Gasteiger partial charge on any atom is -0.494 e. The van der Waals surface area contributed by atoms with E-state index in [1.165, 1.54) is 0 Å². The topological polar surface area (TPSA) is 62.7 Å². The van der Waals surface area contributed by atoms with E-state index in [4.69, 9.17) is 16.3 Å². The number of halogens is 1. The molecule has 5 nitrogen and oxygen atoms in total. The van der Waals surface area contributed by atoms with Crippen LogP contribution in [0.3, 0.4) is 0 Å². The molecule has 0 fully saturated rings. The molecule has 6 heteroatoms. The summed E-state index contributed by atoms with van der Waals surface area (Å²) in [6, 6.07) is 14.6. The van der Waals surface area contributed by atoms with Crippen molar-refractivity contribution in [1.82, 2.24) is 5.43 Å². The highest BCUT2D eigenvalue weighted by Gasteiger charge is 2.00. The maximum atomic E-state index is 11.7. The molecule has 0 unspecified atom stereocenters. The van der Waals surface area contributed by atoms with Gasteiger partial charge in [-0.3, -0.25) is 4.79 Å². The fourth-order valence-corrected chi connectivity index (χ4v) is 1.91. The first-order valence-corrected chi connectivity index (χ1v) is 7.59. The predicted octanol–water partition coefficient (Wildman–Crippen LogP) is 3.30. The van der Waals surface area contributed by atoms with Gasteiger partial charge in [0, 0.05) is 10.7 Å². The van der Waals surface area contributed by atoms with Crippen molar-refractivity contribution in [2.24, 2.45) is 5.10 Å². The molecule has 2 aromatic rings. The fourth-order valence-electron chi connectivity index (χ4n) is 1.79. The molecule has 0 bridgehead atoms. The molecule has 0 saturated heterocycles. The van der Waals surface area contributed by atoms with Crippen LogP contribution in [-0.2, 0) is 4.79 Å². The summed E-state index contributed by atoms with van der Waals surface area (Å²) in [5.74, 6) is 0.569. The summed E-state index contributed by atoms with van der Waals surface area (Å²) in [7, 11) is 0. The molecular weight excluding hydrogens is 314 g/mol. The number of carbonyl (C=O) groups excluding carboxylic acids is 1. The maximum absolute atomic E-state index is 11.7. The van der Waals surface area contributed by atoms with Gasteiger partial charge in [0.2, 0.25) is 0 Å². The van der Waals surface area contributed by atoms with Crippen LogP contribution in [-0.4, -0.2) is 25.3 Å². The molecule has 0 atom stereocenters. The first-order chi connectivity index (χ1) is 11.2. The summed E-state index contributed by atoms with van der Waals surface area (Å²) in [6.07, 6.45) is 1.56. The van der Waals surface area contributed by atoms with Crippen molar-refractivity contribution in [2.45, 2.75) is 6.92 Å². The first kappa shape index (κ1) is 16.8. The van der Waals surface area contributed by atoms with Crippen LogP contribution < -0.4 is 15.5 Å². The van der Waals surface area contributed by atoms with Gasteiger partial charge in [0.05, 0.1) is 19.4 Å². The number of nitrogens with zero attached hydrogens (tertiary/aromatic N) is 1. The Morgan fingerprint density at radius 3 is 2.52 bits per heavy atom. The van der Waals surface area contributed by atoms with E-state index in [2.05, 4.69) is 15.8 Å². The van der Waals surface area contributed by atoms with E-state index in [0.29, 0.717) is 11.6 Å². The van der Waals surface area contributed by atoms with Crippen LogP contribution in [0.2, 0.25) is 5.02 Å². The molecule has 0 aliphatic rings. The molecule has 0 saturated carbocycles. The number of anilines is 1. The Hall–Kier alpha value is -2.53. The van der Waals surface area contributed by atoms with Gasteiger partial charge < -0.3 is 10.1 Å². The molecule has 0 spiro atoms. The maximum Gasteiger partial charge on any atom is 0.259 e. The number of rotatable bonds is 7. The van der Waals surface area contributed by atoms with Crippen molar-refractivity contribution >= 4 is 29.4 Å². The van der Waals surface area contributed by atoms with E-state index in [0.717, 1.165) is 17.0 Å². The molecule has 0 aromatic heterocycles. The summed E-state index contributed by atoms with van der Waals surface area (Å²) < 4.78 is 5.35. The van der Waals surface area contributed by atoms with Crippen molar-refractivity contribution in [1.29, 1.82) is 0 Å². The number of carbonyl (C=O) groups is 1. The van der Waals surface area contributed by atoms with Crippen LogP contribution >= 0.6 is 11.6 Å². The summed E-state index contributed by atoms with van der Waals surface area (Å²) in [6.45, 7) is 2.69. The zero-order chi connectivity index (χ0) is 16.5. The lowest BCUT2D eigenvalue weighted by molar-refractivity contribution is -0.119. The van der Waals surface area contributed by atoms with E-state index in [-0.39, 0.29) is 12.5 Å². The van der Waals surface area contributed by atoms with Gasteiger partial charge in [0.25, 0.3) is 5.91 Å². The first-order valence-electron chi connectivity index (χ1n) is 7.21. The molecule has 0 radical (unpaired) electrons. The molecule has 2 rings (SSSR count). The Balaban J connectivity index is 1.75. The Kier molecular flexibility index (Phi) is 6.44. The molecule has 2 N–H and O–H groups in total. The Morgan fingerprint density at radius 1 is 1.17 bits per heavy atom. The summed E-state index contributed by atoms with van der Waals surface area (Å²) in [5.41, 5.74) is 4.15. The average Bonchev–Trinajstić information content (AvgIpc) is 2.56. The second kappa shape index (κ2) is 8.80. The average molecular weight is 332 g/mol. The van der Waals surface area contributed by atoms with Crippen LogP contribution in [0.5, 0.6) is 5.75 Å². The number of amides is 1. The van der Waals surface area contributed by atoms with E-state index in [9.17, 15) is 4.79 Å². The number of hydrazone groups is 1. The van der Waals surface area contributed by atoms with Gasteiger partial charge in [0.1, 0.15) is 5.75 Å². The molecule has 0 aliphatic carbocycles. The third-order valence-corrected chi connectivity index (χ3v) is 3.14. The second-order valence-electron chi connectivity index (χ2n) is 4.66. The van der Waals surface area contributed by atoms with Gasteiger partial charge >= 0.3 is 0 Å². The molecule has 23 heavy (non-hydrogen) atoms. The zero-order valence-corrected chi connectivity index (χ0v) is 13.5. The Labute approximate surface area is 140 Å². The monoisotopic (exact) mass is 331 g/mol. The van der Waals surface area contributed by atoms with Crippen molar-refractivity contribution in [2.75, 3.05) is 18.5 Å². The predicted molar refractivity (Wildman–Crippen MR) is 93.3 cm³/mol. The van der Waals surface area contributed by atoms with Gasteiger partial charge in [-0.2, -0.15) is 5.10 Å². The van der Waals surface area contributed by atoms with Gasteiger partial charge in [-0.15, -0.1) is 0 Å². The largest absolute Gasteiger partial charge is 0.494 e. The third-order valence-electron chi connectivity index (χ3n) is 2.89. The highest BCUT2D eigenvalue weighted by molar-refractivity contribution is 6.30. The molecular formula is C17H18ClN3O2. The Morgan fingerprint density at radius 2 is 1.87 bits per heavy atom. The quantitative estimate of drug-likeness (QED) is 0.604. The lowest BCUT2D eigenvalue weighted by Crippen LogP contribution is -2.25. The van der Waals surface area contributed by atoms with Gasteiger partial charge in [-0.05, 0) is 48.9 Å². The minimum atomic E-state index is -0.232. The highest BCUT2D eigenvalue weighted by atomic mass is 35.5. The molecule has 120 valence electrons. The lowest BCUT2D eigenvalue weighted by Gasteiger charge is -2.07. The molecule has 1 amide bonds. The Bertz CT molecular complexity index is 655. The summed E-state index contributed by atoms with van der Waals surface area (Å²) >= 11 is 5.79. The zero-order valence-electron chi connectivity index (χ0n) is 12.8. The van der Waals surface area contributed by atoms with E-state index < -0.39 is 0 Å². The number of ether oxygens (including phenoxy) is 1. The normalized spacial score (nSPS) is 10.5. The SMILES string of the molecule is CCOc1ccc(NCC(=O)NN=Cc2ccc(Cl)cc2)cc1. The summed E-state index contributed by atoms with van der Waals surface area (Å²) in [5, 5.41) is 7.56. The minimum absolute atomic E-state index is 0.131. The van der Waals surface area contributed by atoms with E-state index in [1.54, 1.807) is 18.3 Å². The van der Waals surface area contributed by atoms with Crippen LogP contribution in [0, 0.1) is 0 Å². The van der Waals surface area contributed by atoms with Crippen LogP contribution in [0.25, 0.3) is 0 Å².